The molecule has 0 unspecified atom stereocenters. The van der Waals surface area contributed by atoms with Gasteiger partial charge in [-0.3, -0.25) is 4.90 Å². The van der Waals surface area contributed by atoms with Crippen LogP contribution in [-0.2, 0) is 11.3 Å². The van der Waals surface area contributed by atoms with Crippen molar-refractivity contribution in [1.29, 1.82) is 0 Å². The third-order valence-electron chi connectivity index (χ3n) is 4.93. The monoisotopic (exact) mass is 309 g/mol. The van der Waals surface area contributed by atoms with E-state index in [4.69, 9.17) is 4.74 Å². The molecule has 1 aliphatic heterocycles. The molecule has 1 saturated heterocycles. The first-order valence-corrected chi connectivity index (χ1v) is 8.70. The molecule has 1 heterocycles. The van der Waals surface area contributed by atoms with Gasteiger partial charge in [-0.1, -0.05) is 67.1 Å². The van der Waals surface area contributed by atoms with Crippen LogP contribution in [0.2, 0.25) is 0 Å². The fourth-order valence-electron chi connectivity index (χ4n) is 3.80. The average Bonchev–Trinajstić information content (AvgIpc) is 2.62. The van der Waals surface area contributed by atoms with Crippen molar-refractivity contribution < 1.29 is 4.74 Å². The van der Waals surface area contributed by atoms with E-state index in [9.17, 15) is 0 Å². The molecule has 1 aliphatic rings. The molecule has 0 amide bonds. The highest BCUT2D eigenvalue weighted by atomic mass is 16.5. The third-order valence-corrected chi connectivity index (χ3v) is 4.93. The summed E-state index contributed by atoms with van der Waals surface area (Å²) >= 11 is 0. The van der Waals surface area contributed by atoms with Crippen LogP contribution in [-0.4, -0.2) is 31.2 Å². The lowest BCUT2D eigenvalue weighted by Crippen LogP contribution is -2.44. The van der Waals surface area contributed by atoms with Crippen molar-refractivity contribution in [3.05, 3.63) is 71.8 Å². The van der Waals surface area contributed by atoms with Crippen LogP contribution in [0, 0.1) is 0 Å². The van der Waals surface area contributed by atoms with E-state index >= 15 is 0 Å². The Labute approximate surface area is 140 Å². The Bertz CT molecular complexity index is 569. The van der Waals surface area contributed by atoms with Crippen molar-refractivity contribution in [1.82, 2.24) is 4.90 Å². The predicted molar refractivity (Wildman–Crippen MR) is 95.6 cm³/mol. The topological polar surface area (TPSA) is 12.5 Å². The van der Waals surface area contributed by atoms with Crippen LogP contribution in [0.3, 0.4) is 0 Å². The van der Waals surface area contributed by atoms with E-state index in [2.05, 4.69) is 65.6 Å². The van der Waals surface area contributed by atoms with E-state index in [-0.39, 0.29) is 0 Å². The van der Waals surface area contributed by atoms with Crippen molar-refractivity contribution in [2.45, 2.75) is 37.8 Å². The molecular formula is C21H27NO. The molecule has 0 saturated carbocycles. The van der Waals surface area contributed by atoms with E-state index in [1.807, 2.05) is 7.11 Å². The summed E-state index contributed by atoms with van der Waals surface area (Å²) < 4.78 is 5.58. The lowest BCUT2D eigenvalue weighted by Gasteiger charge is -2.40. The summed E-state index contributed by atoms with van der Waals surface area (Å²) in [5.74, 6) is 0.449. The van der Waals surface area contributed by atoms with Crippen LogP contribution in [0.4, 0.5) is 0 Å². The molecule has 0 bridgehead atoms. The Balaban J connectivity index is 1.80. The molecule has 122 valence electrons. The Morgan fingerprint density at radius 3 is 2.39 bits per heavy atom. The summed E-state index contributed by atoms with van der Waals surface area (Å²) in [5.41, 5.74) is 2.81. The minimum atomic E-state index is 0.449. The zero-order valence-electron chi connectivity index (χ0n) is 14.0. The SMILES string of the molecule is COC[C@H](c1ccccc1)[C@@H]1CCCCN1Cc1ccccc1. The molecule has 3 rings (SSSR count). The lowest BCUT2D eigenvalue weighted by molar-refractivity contribution is 0.0768. The smallest absolute Gasteiger partial charge is 0.0546 e. The van der Waals surface area contributed by atoms with Crippen molar-refractivity contribution in [2.75, 3.05) is 20.3 Å². The highest BCUT2D eigenvalue weighted by Gasteiger charge is 2.30. The number of ether oxygens (including phenoxy) is 1. The summed E-state index contributed by atoms with van der Waals surface area (Å²) in [6, 6.07) is 22.3. The van der Waals surface area contributed by atoms with Gasteiger partial charge >= 0.3 is 0 Å². The van der Waals surface area contributed by atoms with Gasteiger partial charge in [0.25, 0.3) is 0 Å². The predicted octanol–water partition coefficient (Wildman–Crippen LogP) is 4.47. The fraction of sp³-hybridized carbons (Fsp3) is 0.429. The second kappa shape index (κ2) is 8.28. The van der Waals surface area contributed by atoms with Gasteiger partial charge in [-0.05, 0) is 30.5 Å². The van der Waals surface area contributed by atoms with Crippen molar-refractivity contribution >= 4 is 0 Å². The molecule has 2 aromatic carbocycles. The number of piperidine rings is 1. The Hall–Kier alpha value is -1.64. The molecule has 2 heteroatoms. The minimum Gasteiger partial charge on any atom is -0.384 e. The van der Waals surface area contributed by atoms with Gasteiger partial charge in [-0.2, -0.15) is 0 Å². The van der Waals surface area contributed by atoms with Gasteiger partial charge in [0.2, 0.25) is 0 Å². The molecule has 0 spiro atoms. The van der Waals surface area contributed by atoms with Crippen LogP contribution in [0.25, 0.3) is 0 Å². The summed E-state index contributed by atoms with van der Waals surface area (Å²) in [5, 5.41) is 0. The average molecular weight is 309 g/mol. The molecule has 2 atom stereocenters. The first kappa shape index (κ1) is 16.2. The van der Waals surface area contributed by atoms with E-state index < -0.39 is 0 Å². The van der Waals surface area contributed by atoms with Gasteiger partial charge in [0.05, 0.1) is 6.61 Å². The number of rotatable bonds is 6. The summed E-state index contributed by atoms with van der Waals surface area (Å²) in [7, 11) is 1.82. The lowest BCUT2D eigenvalue weighted by atomic mass is 9.85. The Morgan fingerprint density at radius 2 is 1.70 bits per heavy atom. The largest absolute Gasteiger partial charge is 0.384 e. The first-order chi connectivity index (χ1) is 11.4. The van der Waals surface area contributed by atoms with E-state index in [1.165, 1.54) is 36.9 Å². The first-order valence-electron chi connectivity index (χ1n) is 8.70. The van der Waals surface area contributed by atoms with Gasteiger partial charge in [0.15, 0.2) is 0 Å². The molecule has 0 aliphatic carbocycles. The molecule has 2 aromatic rings. The molecule has 2 nitrogen and oxygen atoms in total. The summed E-state index contributed by atoms with van der Waals surface area (Å²) in [6.07, 6.45) is 3.89. The molecule has 0 N–H and O–H groups in total. The molecule has 23 heavy (non-hydrogen) atoms. The Morgan fingerprint density at radius 1 is 1.00 bits per heavy atom. The molecule has 0 aromatic heterocycles. The van der Waals surface area contributed by atoms with Gasteiger partial charge in [-0.25, -0.2) is 0 Å². The number of hydrogen-bond acceptors (Lipinski definition) is 2. The van der Waals surface area contributed by atoms with Crippen molar-refractivity contribution in [3.8, 4) is 0 Å². The second-order valence-electron chi connectivity index (χ2n) is 6.49. The quantitative estimate of drug-likeness (QED) is 0.780. The van der Waals surface area contributed by atoms with Crippen molar-refractivity contribution in [2.24, 2.45) is 0 Å². The van der Waals surface area contributed by atoms with Gasteiger partial charge in [0.1, 0.15) is 0 Å². The fourth-order valence-corrected chi connectivity index (χ4v) is 3.80. The summed E-state index contributed by atoms with van der Waals surface area (Å²) in [6.45, 7) is 3.02. The maximum absolute atomic E-state index is 5.58. The van der Waals surface area contributed by atoms with E-state index in [0.717, 1.165) is 13.2 Å². The number of likely N-dealkylation sites (tertiary alicyclic amines) is 1. The zero-order chi connectivity index (χ0) is 15.9. The number of hydrogen-bond donors (Lipinski definition) is 0. The van der Waals surface area contributed by atoms with Gasteiger partial charge in [-0.15, -0.1) is 0 Å². The number of nitrogens with zero attached hydrogens (tertiary/aromatic N) is 1. The highest BCUT2D eigenvalue weighted by Crippen LogP contribution is 2.31. The van der Waals surface area contributed by atoms with Gasteiger partial charge in [0, 0.05) is 25.6 Å². The second-order valence-corrected chi connectivity index (χ2v) is 6.49. The normalized spacial score (nSPS) is 20.3. The third kappa shape index (κ3) is 4.21. The molecule has 0 radical (unpaired) electrons. The van der Waals surface area contributed by atoms with Crippen LogP contribution < -0.4 is 0 Å². The van der Waals surface area contributed by atoms with Crippen LogP contribution in [0.5, 0.6) is 0 Å². The zero-order valence-corrected chi connectivity index (χ0v) is 14.0. The van der Waals surface area contributed by atoms with Gasteiger partial charge < -0.3 is 4.74 Å². The van der Waals surface area contributed by atoms with Crippen LogP contribution >= 0.6 is 0 Å². The van der Waals surface area contributed by atoms with Crippen molar-refractivity contribution in [3.63, 3.8) is 0 Å². The number of benzene rings is 2. The van der Waals surface area contributed by atoms with Crippen LogP contribution in [0.1, 0.15) is 36.3 Å². The standard InChI is InChI=1S/C21H27NO/c1-23-17-20(19-12-6-3-7-13-19)21-14-8-9-15-22(21)16-18-10-4-2-5-11-18/h2-7,10-13,20-21H,8-9,14-17H2,1H3/t20-,21+/m1/s1. The maximum Gasteiger partial charge on any atom is 0.0546 e. The maximum atomic E-state index is 5.58. The van der Waals surface area contributed by atoms with E-state index in [0.29, 0.717) is 12.0 Å². The molecule has 1 fully saturated rings. The highest BCUT2D eigenvalue weighted by molar-refractivity contribution is 5.22. The molecular weight excluding hydrogens is 282 g/mol. The number of methoxy groups -OCH3 is 1. The van der Waals surface area contributed by atoms with Crippen LogP contribution in [0.15, 0.2) is 60.7 Å². The summed E-state index contributed by atoms with van der Waals surface area (Å²) in [4.78, 5) is 2.66. The minimum absolute atomic E-state index is 0.449. The Kier molecular flexibility index (Phi) is 5.84. The van der Waals surface area contributed by atoms with E-state index in [1.54, 1.807) is 0 Å².